The molecular weight excluding hydrogens is 306 g/mol. The molecule has 19 heavy (non-hydrogen) atoms. The molecule has 1 N–H and O–H groups in total. The average molecular weight is 328 g/mol. The fraction of sp³-hybridized carbons (Fsp3) is 0.714. The van der Waals surface area contributed by atoms with Crippen LogP contribution in [0.5, 0.6) is 0 Å². The lowest BCUT2D eigenvalue weighted by atomic mass is 9.67. The van der Waals surface area contributed by atoms with Gasteiger partial charge in [0.1, 0.15) is 4.47 Å². The summed E-state index contributed by atoms with van der Waals surface area (Å²) in [6, 6.07) is 0. The highest BCUT2D eigenvalue weighted by Gasteiger charge is 2.34. The number of anilines is 1. The van der Waals surface area contributed by atoms with Crippen molar-refractivity contribution >= 4 is 21.6 Å². The van der Waals surface area contributed by atoms with Crippen LogP contribution in [-0.4, -0.2) is 16.3 Å². The first-order valence-corrected chi connectivity index (χ1v) is 7.90. The fourth-order valence-corrected chi connectivity index (χ4v) is 3.02. The summed E-state index contributed by atoms with van der Waals surface area (Å²) in [6.45, 7) is 5.88. The van der Waals surface area contributed by atoms with Gasteiger partial charge in [-0.05, 0) is 47.0 Å². The molecule has 4 nitrogen and oxygen atoms in total. The van der Waals surface area contributed by atoms with Crippen molar-refractivity contribution in [1.82, 2.24) is 9.78 Å². The van der Waals surface area contributed by atoms with Gasteiger partial charge in [-0.25, -0.2) is 4.68 Å². The molecule has 1 fully saturated rings. The average Bonchev–Trinajstić information content (AvgIpc) is 2.37. The van der Waals surface area contributed by atoms with E-state index < -0.39 is 0 Å². The van der Waals surface area contributed by atoms with Crippen LogP contribution < -0.4 is 10.9 Å². The Morgan fingerprint density at radius 3 is 2.74 bits per heavy atom. The van der Waals surface area contributed by atoms with Crippen LogP contribution in [0.3, 0.4) is 0 Å². The van der Waals surface area contributed by atoms with Crippen LogP contribution in [-0.2, 0) is 6.54 Å². The van der Waals surface area contributed by atoms with Crippen molar-refractivity contribution in [2.45, 2.75) is 52.5 Å². The zero-order valence-corrected chi connectivity index (χ0v) is 13.3. The lowest BCUT2D eigenvalue weighted by Crippen LogP contribution is -2.36. The molecule has 1 aliphatic carbocycles. The highest BCUT2D eigenvalue weighted by Crippen LogP contribution is 2.43. The molecule has 0 aliphatic heterocycles. The summed E-state index contributed by atoms with van der Waals surface area (Å²) >= 11 is 3.39. The number of aryl methyl sites for hydroxylation is 1. The van der Waals surface area contributed by atoms with Gasteiger partial charge in [-0.2, -0.15) is 5.10 Å². The minimum Gasteiger partial charge on any atom is -0.382 e. The zero-order chi connectivity index (χ0) is 13.9. The number of nitrogens with one attached hydrogen (secondary N) is 1. The van der Waals surface area contributed by atoms with E-state index in [0.29, 0.717) is 16.4 Å². The molecule has 0 saturated heterocycles. The fourth-order valence-electron chi connectivity index (χ4n) is 2.57. The monoisotopic (exact) mass is 327 g/mol. The Morgan fingerprint density at radius 2 is 2.21 bits per heavy atom. The molecule has 0 aromatic carbocycles. The van der Waals surface area contributed by atoms with E-state index in [2.05, 4.69) is 33.3 Å². The van der Waals surface area contributed by atoms with Gasteiger partial charge < -0.3 is 5.32 Å². The van der Waals surface area contributed by atoms with Crippen LogP contribution in [0.4, 0.5) is 5.69 Å². The van der Waals surface area contributed by atoms with E-state index in [1.807, 2.05) is 6.92 Å². The van der Waals surface area contributed by atoms with Gasteiger partial charge in [0, 0.05) is 13.1 Å². The van der Waals surface area contributed by atoms with Crippen molar-refractivity contribution in [2.24, 2.45) is 5.41 Å². The van der Waals surface area contributed by atoms with E-state index in [1.165, 1.54) is 30.4 Å². The van der Waals surface area contributed by atoms with Gasteiger partial charge in [0.2, 0.25) is 0 Å². The van der Waals surface area contributed by atoms with Crippen molar-refractivity contribution in [2.75, 3.05) is 11.9 Å². The summed E-state index contributed by atoms with van der Waals surface area (Å²) in [5.74, 6) is 0. The molecule has 106 valence electrons. The van der Waals surface area contributed by atoms with E-state index in [9.17, 15) is 4.79 Å². The quantitative estimate of drug-likeness (QED) is 0.870. The number of rotatable bonds is 6. The maximum atomic E-state index is 12.1. The second-order valence-electron chi connectivity index (χ2n) is 5.46. The van der Waals surface area contributed by atoms with E-state index in [-0.39, 0.29) is 5.56 Å². The smallest absolute Gasteiger partial charge is 0.283 e. The third-order valence-corrected chi connectivity index (χ3v) is 5.00. The van der Waals surface area contributed by atoms with Crippen LogP contribution in [0, 0.1) is 5.41 Å². The van der Waals surface area contributed by atoms with Gasteiger partial charge in [-0.3, -0.25) is 4.79 Å². The Hall–Kier alpha value is -0.840. The second-order valence-corrected chi connectivity index (χ2v) is 6.25. The number of aromatic nitrogens is 2. The Morgan fingerprint density at radius 1 is 1.47 bits per heavy atom. The van der Waals surface area contributed by atoms with Gasteiger partial charge >= 0.3 is 0 Å². The minimum atomic E-state index is -0.0500. The van der Waals surface area contributed by atoms with E-state index >= 15 is 0 Å². The number of hydrogen-bond donors (Lipinski definition) is 1. The van der Waals surface area contributed by atoms with Crippen molar-refractivity contribution in [3.8, 4) is 0 Å². The number of halogens is 1. The normalized spacial score (nSPS) is 17.0. The summed E-state index contributed by atoms with van der Waals surface area (Å²) in [4.78, 5) is 12.1. The summed E-state index contributed by atoms with van der Waals surface area (Å²) in [7, 11) is 0. The van der Waals surface area contributed by atoms with Crippen LogP contribution >= 0.6 is 15.9 Å². The molecule has 0 amide bonds. The van der Waals surface area contributed by atoms with Gasteiger partial charge in [0.25, 0.3) is 5.56 Å². The summed E-state index contributed by atoms with van der Waals surface area (Å²) < 4.78 is 2.11. The largest absolute Gasteiger partial charge is 0.382 e. The van der Waals surface area contributed by atoms with Crippen molar-refractivity contribution < 1.29 is 0 Å². The molecular formula is C14H22BrN3O. The Bertz CT molecular complexity index is 488. The molecule has 0 unspecified atom stereocenters. The Labute approximate surface area is 122 Å². The Kier molecular flexibility index (Phi) is 4.66. The van der Waals surface area contributed by atoms with Crippen LogP contribution in [0.1, 0.15) is 46.0 Å². The lowest BCUT2D eigenvalue weighted by Gasteiger charge is -2.41. The molecule has 0 spiro atoms. The maximum absolute atomic E-state index is 12.1. The molecule has 1 aromatic rings. The molecule has 0 bridgehead atoms. The summed E-state index contributed by atoms with van der Waals surface area (Å²) in [6.07, 6.45) is 7.75. The van der Waals surface area contributed by atoms with Crippen molar-refractivity contribution in [3.63, 3.8) is 0 Å². The molecule has 1 aromatic heterocycles. The van der Waals surface area contributed by atoms with Crippen LogP contribution in [0.25, 0.3) is 0 Å². The van der Waals surface area contributed by atoms with Gasteiger partial charge in [0.15, 0.2) is 0 Å². The van der Waals surface area contributed by atoms with Gasteiger partial charge in [-0.15, -0.1) is 0 Å². The van der Waals surface area contributed by atoms with E-state index in [0.717, 1.165) is 18.7 Å². The SMILES string of the molecule is CCCn1ncc(NCC2(CC)CCC2)c(Br)c1=O. The van der Waals surface area contributed by atoms with Crippen LogP contribution in [0.2, 0.25) is 0 Å². The lowest BCUT2D eigenvalue weighted by molar-refractivity contribution is 0.145. The van der Waals surface area contributed by atoms with Crippen molar-refractivity contribution in [1.29, 1.82) is 0 Å². The molecule has 1 saturated carbocycles. The Balaban J connectivity index is 2.09. The third-order valence-electron chi connectivity index (χ3n) is 4.24. The van der Waals surface area contributed by atoms with Gasteiger partial charge in [0.05, 0.1) is 11.9 Å². The molecule has 2 rings (SSSR count). The predicted molar refractivity (Wildman–Crippen MR) is 81.6 cm³/mol. The van der Waals surface area contributed by atoms with Gasteiger partial charge in [-0.1, -0.05) is 20.3 Å². The van der Waals surface area contributed by atoms with Crippen molar-refractivity contribution in [3.05, 3.63) is 21.0 Å². The highest BCUT2D eigenvalue weighted by atomic mass is 79.9. The van der Waals surface area contributed by atoms with E-state index in [1.54, 1.807) is 6.20 Å². The van der Waals surface area contributed by atoms with Crippen LogP contribution in [0.15, 0.2) is 15.5 Å². The standard InChI is InChI=1S/C14H22BrN3O/c1-3-8-18-13(19)12(15)11(9-17-18)16-10-14(4-2)6-5-7-14/h9,16H,3-8,10H2,1-2H3. The number of hydrogen-bond acceptors (Lipinski definition) is 3. The highest BCUT2D eigenvalue weighted by molar-refractivity contribution is 9.10. The number of nitrogens with zero attached hydrogens (tertiary/aromatic N) is 2. The first kappa shape index (κ1) is 14.6. The zero-order valence-electron chi connectivity index (χ0n) is 11.7. The third kappa shape index (κ3) is 3.02. The minimum absolute atomic E-state index is 0.0500. The molecule has 1 aliphatic rings. The first-order chi connectivity index (χ1) is 9.12. The molecule has 1 heterocycles. The van der Waals surface area contributed by atoms with E-state index in [4.69, 9.17) is 0 Å². The molecule has 0 atom stereocenters. The molecule has 0 radical (unpaired) electrons. The first-order valence-electron chi connectivity index (χ1n) is 7.11. The summed E-state index contributed by atoms with van der Waals surface area (Å²) in [5, 5.41) is 7.60. The topological polar surface area (TPSA) is 46.9 Å². The second kappa shape index (κ2) is 6.07. The molecule has 5 heteroatoms. The maximum Gasteiger partial charge on any atom is 0.283 e. The summed E-state index contributed by atoms with van der Waals surface area (Å²) in [5.41, 5.74) is 1.20. The predicted octanol–water partition coefficient (Wildman–Crippen LogP) is 3.41.